The maximum Gasteiger partial charge on any atom is 0.408 e. The normalized spacial score (nSPS) is 11.8. The Bertz CT molecular complexity index is 1250. The number of alkyl carbamates (subject to hydrolysis) is 1. The van der Waals surface area contributed by atoms with E-state index in [4.69, 9.17) is 9.15 Å². The van der Waals surface area contributed by atoms with E-state index in [1.54, 1.807) is 18.2 Å². The molecular formula is C28H32N2O6. The van der Waals surface area contributed by atoms with Crippen LogP contribution in [0.1, 0.15) is 62.4 Å². The van der Waals surface area contributed by atoms with Crippen molar-refractivity contribution in [2.45, 2.75) is 65.1 Å². The largest absolute Gasteiger partial charge is 0.445 e. The van der Waals surface area contributed by atoms with Crippen LogP contribution in [0.15, 0.2) is 69.9 Å². The fourth-order valence-corrected chi connectivity index (χ4v) is 4.06. The van der Waals surface area contributed by atoms with Crippen molar-refractivity contribution in [1.82, 2.24) is 10.2 Å². The predicted octanol–water partition coefficient (Wildman–Crippen LogP) is 5.05. The smallest absolute Gasteiger partial charge is 0.408 e. The molecular weight excluding hydrogens is 460 g/mol. The van der Waals surface area contributed by atoms with Crippen molar-refractivity contribution in [3.63, 3.8) is 0 Å². The minimum atomic E-state index is -0.994. The molecule has 0 aliphatic carbocycles. The summed E-state index contributed by atoms with van der Waals surface area (Å²) < 4.78 is 10.5. The summed E-state index contributed by atoms with van der Waals surface area (Å²) in [6, 6.07) is 15.5. The van der Waals surface area contributed by atoms with Gasteiger partial charge in [0.25, 0.3) is 11.8 Å². The Morgan fingerprint density at radius 2 is 1.64 bits per heavy atom. The molecule has 1 aromatic heterocycles. The van der Waals surface area contributed by atoms with Gasteiger partial charge in [0, 0.05) is 23.1 Å². The summed E-state index contributed by atoms with van der Waals surface area (Å²) in [5, 5.41) is 3.21. The number of ether oxygens (including phenoxy) is 1. The maximum absolute atomic E-state index is 13.6. The maximum atomic E-state index is 13.6. The molecule has 0 unspecified atom stereocenters. The van der Waals surface area contributed by atoms with Crippen LogP contribution in [0.5, 0.6) is 0 Å². The predicted molar refractivity (Wildman–Crippen MR) is 136 cm³/mol. The van der Waals surface area contributed by atoms with E-state index in [2.05, 4.69) is 5.32 Å². The van der Waals surface area contributed by atoms with Gasteiger partial charge in [-0.05, 0) is 43.5 Å². The van der Waals surface area contributed by atoms with Crippen molar-refractivity contribution in [3.8, 4) is 0 Å². The average Bonchev–Trinajstić information content (AvgIpc) is 2.87. The van der Waals surface area contributed by atoms with Crippen LogP contribution < -0.4 is 10.9 Å². The zero-order valence-electron chi connectivity index (χ0n) is 20.9. The minimum absolute atomic E-state index is 0.0623. The Morgan fingerprint density at radius 1 is 0.972 bits per heavy atom. The van der Waals surface area contributed by atoms with Crippen LogP contribution >= 0.6 is 0 Å². The number of nitrogens with zero attached hydrogens (tertiary/aromatic N) is 1. The number of carbonyl (C=O) groups excluding carboxylic acids is 3. The van der Waals surface area contributed by atoms with Crippen LogP contribution in [0.3, 0.4) is 0 Å². The lowest BCUT2D eigenvalue weighted by molar-refractivity contribution is -0.132. The average molecular weight is 493 g/mol. The third kappa shape index (κ3) is 6.81. The molecule has 0 spiro atoms. The highest BCUT2D eigenvalue weighted by Crippen LogP contribution is 2.21. The Hall–Kier alpha value is -3.94. The van der Waals surface area contributed by atoms with E-state index in [1.165, 1.54) is 24.0 Å². The van der Waals surface area contributed by atoms with Crippen molar-refractivity contribution in [1.29, 1.82) is 0 Å². The number of benzene rings is 2. The second-order valence-corrected chi connectivity index (χ2v) is 8.68. The molecule has 36 heavy (non-hydrogen) atoms. The van der Waals surface area contributed by atoms with Gasteiger partial charge in [0.1, 0.15) is 18.2 Å². The molecule has 3 rings (SSSR count). The zero-order valence-corrected chi connectivity index (χ0v) is 20.9. The Morgan fingerprint density at radius 3 is 2.31 bits per heavy atom. The first-order chi connectivity index (χ1) is 17.3. The second kappa shape index (κ2) is 12.7. The minimum Gasteiger partial charge on any atom is -0.445 e. The quantitative estimate of drug-likeness (QED) is 0.397. The summed E-state index contributed by atoms with van der Waals surface area (Å²) in [5.74, 6) is -1.04. The summed E-state index contributed by atoms with van der Waals surface area (Å²) in [5.41, 5.74) is 0.777. The molecule has 8 nitrogen and oxygen atoms in total. The molecule has 0 aliphatic rings. The monoisotopic (exact) mass is 492 g/mol. The highest BCUT2D eigenvalue weighted by Gasteiger charge is 2.33. The molecule has 0 radical (unpaired) electrons. The van der Waals surface area contributed by atoms with Gasteiger partial charge in [-0.2, -0.15) is 0 Å². The second-order valence-electron chi connectivity index (χ2n) is 8.68. The molecule has 1 N–H and O–H groups in total. The summed E-state index contributed by atoms with van der Waals surface area (Å²) in [6.45, 7) is 5.57. The van der Waals surface area contributed by atoms with Gasteiger partial charge < -0.3 is 14.5 Å². The number of carbonyl (C=O) groups is 3. The number of hydrogen-bond acceptors (Lipinski definition) is 6. The van der Waals surface area contributed by atoms with Gasteiger partial charge in [0.15, 0.2) is 0 Å². The van der Waals surface area contributed by atoms with Gasteiger partial charge in [-0.15, -0.1) is 0 Å². The lowest BCUT2D eigenvalue weighted by Crippen LogP contribution is -2.53. The van der Waals surface area contributed by atoms with E-state index in [0.29, 0.717) is 18.2 Å². The number of hydrogen-bond donors (Lipinski definition) is 1. The highest BCUT2D eigenvalue weighted by atomic mass is 16.5. The van der Waals surface area contributed by atoms with Crippen LogP contribution in [0.2, 0.25) is 0 Å². The summed E-state index contributed by atoms with van der Waals surface area (Å²) in [6.07, 6.45) is 2.05. The topological polar surface area (TPSA) is 106 Å². The number of fused-ring (bicyclic) bond motifs is 1. The first kappa shape index (κ1) is 26.7. The van der Waals surface area contributed by atoms with Crippen LogP contribution in [-0.4, -0.2) is 34.9 Å². The zero-order chi connectivity index (χ0) is 26.1. The molecule has 0 saturated carbocycles. The molecule has 3 amide bonds. The van der Waals surface area contributed by atoms with Crippen LogP contribution in [0, 0.1) is 0 Å². The van der Waals surface area contributed by atoms with Gasteiger partial charge in [-0.1, -0.05) is 63.1 Å². The Labute approximate surface area is 210 Å². The number of rotatable bonds is 10. The Kier molecular flexibility index (Phi) is 9.39. The van der Waals surface area contributed by atoms with Crippen LogP contribution in [-0.2, 0) is 16.1 Å². The summed E-state index contributed by atoms with van der Waals surface area (Å²) in [4.78, 5) is 52.4. The van der Waals surface area contributed by atoms with Gasteiger partial charge >= 0.3 is 11.7 Å². The van der Waals surface area contributed by atoms with Gasteiger partial charge in [0.05, 0.1) is 0 Å². The molecule has 2 aromatic carbocycles. The molecule has 8 heteroatoms. The van der Waals surface area contributed by atoms with Gasteiger partial charge in [-0.3, -0.25) is 14.5 Å². The molecule has 0 saturated heterocycles. The summed E-state index contributed by atoms with van der Waals surface area (Å²) >= 11 is 0. The van der Waals surface area contributed by atoms with E-state index in [-0.39, 0.29) is 23.8 Å². The van der Waals surface area contributed by atoms with Crippen molar-refractivity contribution in [2.24, 2.45) is 0 Å². The SMILES string of the molecule is CCCC(CCC)N(C(=O)c1ccc2ccc(=O)oc2c1)C(=O)[C@H](C)NC(=O)OCc1ccccc1. The van der Waals surface area contributed by atoms with E-state index in [0.717, 1.165) is 18.4 Å². The van der Waals surface area contributed by atoms with E-state index < -0.39 is 29.6 Å². The molecule has 1 heterocycles. The first-order valence-corrected chi connectivity index (χ1v) is 12.2. The molecule has 0 aliphatic heterocycles. The third-order valence-electron chi connectivity index (χ3n) is 5.85. The van der Waals surface area contributed by atoms with Crippen LogP contribution in [0.4, 0.5) is 4.79 Å². The third-order valence-corrected chi connectivity index (χ3v) is 5.85. The number of imide groups is 1. The van der Waals surface area contributed by atoms with Crippen molar-refractivity contribution in [3.05, 3.63) is 82.2 Å². The number of amides is 3. The molecule has 1 atom stereocenters. The lowest BCUT2D eigenvalue weighted by Gasteiger charge is -2.32. The van der Waals surface area contributed by atoms with Crippen molar-refractivity contribution >= 4 is 28.9 Å². The van der Waals surface area contributed by atoms with Crippen molar-refractivity contribution in [2.75, 3.05) is 0 Å². The van der Waals surface area contributed by atoms with E-state index >= 15 is 0 Å². The van der Waals surface area contributed by atoms with Gasteiger partial charge in [-0.25, -0.2) is 9.59 Å². The van der Waals surface area contributed by atoms with E-state index in [1.807, 2.05) is 44.2 Å². The molecule has 3 aromatic rings. The molecule has 0 bridgehead atoms. The van der Waals surface area contributed by atoms with E-state index in [9.17, 15) is 19.2 Å². The highest BCUT2D eigenvalue weighted by molar-refractivity contribution is 6.08. The molecule has 190 valence electrons. The summed E-state index contributed by atoms with van der Waals surface area (Å²) in [7, 11) is 0. The lowest BCUT2D eigenvalue weighted by atomic mass is 10.0. The first-order valence-electron chi connectivity index (χ1n) is 12.2. The molecule has 0 fully saturated rings. The fraction of sp³-hybridized carbons (Fsp3) is 0.357. The van der Waals surface area contributed by atoms with Gasteiger partial charge in [0.2, 0.25) is 0 Å². The number of nitrogens with one attached hydrogen (secondary N) is 1. The van der Waals surface area contributed by atoms with Crippen LogP contribution in [0.25, 0.3) is 11.0 Å². The Balaban J connectivity index is 1.82. The van der Waals surface area contributed by atoms with Crippen molar-refractivity contribution < 1.29 is 23.5 Å². The standard InChI is InChI=1S/C28H32N2O6/c1-4-9-23(10-5-2)30(27(33)22-14-13-21-15-16-25(31)36-24(21)17-22)26(32)19(3)29-28(34)35-18-20-11-7-6-8-12-20/h6-8,11-17,19,23H,4-5,9-10,18H2,1-3H3,(H,29,34)/t19-/m0/s1. The fourth-order valence-electron chi connectivity index (χ4n) is 4.06.